The lowest BCUT2D eigenvalue weighted by molar-refractivity contribution is 0.632. The second-order valence-corrected chi connectivity index (χ2v) is 5.11. The molecule has 2 aromatic carbocycles. The van der Waals surface area contributed by atoms with Crippen molar-refractivity contribution in [3.05, 3.63) is 77.5 Å². The smallest absolute Gasteiger partial charge is 0.0712 e. The third-order valence-corrected chi connectivity index (χ3v) is 3.87. The van der Waals surface area contributed by atoms with Crippen molar-refractivity contribution < 1.29 is 0 Å². The van der Waals surface area contributed by atoms with E-state index in [2.05, 4.69) is 59.8 Å². The van der Waals surface area contributed by atoms with Crippen LogP contribution in [0.4, 0.5) is 0 Å². The van der Waals surface area contributed by atoms with E-state index in [1.807, 2.05) is 18.3 Å². The minimum Gasteiger partial charge on any atom is -0.271 e. The molecule has 0 spiro atoms. The van der Waals surface area contributed by atoms with E-state index in [-0.39, 0.29) is 6.04 Å². The molecule has 1 heterocycles. The van der Waals surface area contributed by atoms with Gasteiger partial charge in [0.15, 0.2) is 0 Å². The summed E-state index contributed by atoms with van der Waals surface area (Å²) in [6.45, 7) is 2.16. The Morgan fingerprint density at radius 2 is 1.95 bits per heavy atom. The number of pyridine rings is 1. The summed E-state index contributed by atoms with van der Waals surface area (Å²) in [7, 11) is 0. The second kappa shape index (κ2) is 6.04. The second-order valence-electron chi connectivity index (χ2n) is 5.11. The average molecular weight is 277 g/mol. The molecule has 1 atom stereocenters. The van der Waals surface area contributed by atoms with E-state index in [1.54, 1.807) is 0 Å². The monoisotopic (exact) mass is 277 g/mol. The Balaban J connectivity index is 2.09. The fourth-order valence-corrected chi connectivity index (χ4v) is 2.78. The summed E-state index contributed by atoms with van der Waals surface area (Å²) in [5.41, 5.74) is 7.65. The largest absolute Gasteiger partial charge is 0.271 e. The zero-order chi connectivity index (χ0) is 14.7. The first-order chi connectivity index (χ1) is 10.3. The summed E-state index contributed by atoms with van der Waals surface area (Å²) in [5.74, 6) is 5.84. The number of fused-ring (bicyclic) bond motifs is 1. The minimum atomic E-state index is -0.00856. The number of aromatic nitrogens is 1. The van der Waals surface area contributed by atoms with Crippen LogP contribution < -0.4 is 11.3 Å². The Morgan fingerprint density at radius 3 is 2.76 bits per heavy atom. The number of nitrogens with zero attached hydrogens (tertiary/aromatic N) is 1. The van der Waals surface area contributed by atoms with Crippen LogP contribution in [0.5, 0.6) is 0 Å². The predicted octanol–water partition coefficient (Wildman–Crippen LogP) is 3.35. The fraction of sp³-hybridized carbons (Fsp3) is 0.167. The van der Waals surface area contributed by atoms with Crippen LogP contribution in [-0.2, 0) is 6.42 Å². The van der Waals surface area contributed by atoms with Gasteiger partial charge in [-0.1, -0.05) is 43.3 Å². The lowest BCUT2D eigenvalue weighted by Gasteiger charge is -2.20. The van der Waals surface area contributed by atoms with Crippen molar-refractivity contribution >= 4 is 10.9 Å². The Kier molecular flexibility index (Phi) is 3.95. The van der Waals surface area contributed by atoms with Gasteiger partial charge in [0.2, 0.25) is 0 Å². The number of benzene rings is 2. The Labute approximate surface area is 124 Å². The molecule has 0 aliphatic carbocycles. The molecular formula is C18H19N3. The molecule has 0 bridgehead atoms. The topological polar surface area (TPSA) is 50.9 Å². The standard InChI is InChI=1S/C18H19N3/c1-2-13-6-3-4-8-16(13)18(21-19)15-9-10-17-14(12-15)7-5-11-20-17/h3-12,18,21H,2,19H2,1H3. The Bertz CT molecular complexity index is 752. The summed E-state index contributed by atoms with van der Waals surface area (Å²) in [6, 6.07) is 18.7. The van der Waals surface area contributed by atoms with Crippen molar-refractivity contribution in [1.82, 2.24) is 10.4 Å². The highest BCUT2D eigenvalue weighted by Gasteiger charge is 2.15. The van der Waals surface area contributed by atoms with E-state index in [0.29, 0.717) is 0 Å². The van der Waals surface area contributed by atoms with Crippen LogP contribution in [0, 0.1) is 0 Å². The molecule has 3 heteroatoms. The van der Waals surface area contributed by atoms with E-state index in [0.717, 1.165) is 22.9 Å². The van der Waals surface area contributed by atoms with Gasteiger partial charge in [0.25, 0.3) is 0 Å². The summed E-state index contributed by atoms with van der Waals surface area (Å²) in [5, 5.41) is 1.13. The first-order valence-electron chi connectivity index (χ1n) is 7.22. The van der Waals surface area contributed by atoms with Crippen LogP contribution in [0.15, 0.2) is 60.8 Å². The Morgan fingerprint density at radius 1 is 1.10 bits per heavy atom. The van der Waals surface area contributed by atoms with Crippen LogP contribution in [0.25, 0.3) is 10.9 Å². The molecule has 0 saturated heterocycles. The zero-order valence-corrected chi connectivity index (χ0v) is 12.1. The number of hydrazine groups is 1. The van der Waals surface area contributed by atoms with Gasteiger partial charge in [0, 0.05) is 11.6 Å². The molecule has 0 saturated carbocycles. The average Bonchev–Trinajstić information content (AvgIpc) is 2.56. The molecule has 0 aliphatic rings. The van der Waals surface area contributed by atoms with Crippen molar-refractivity contribution in [2.24, 2.45) is 5.84 Å². The predicted molar refractivity (Wildman–Crippen MR) is 86.7 cm³/mol. The van der Waals surface area contributed by atoms with E-state index < -0.39 is 0 Å². The molecular weight excluding hydrogens is 258 g/mol. The maximum atomic E-state index is 5.84. The maximum absolute atomic E-state index is 5.84. The van der Waals surface area contributed by atoms with E-state index >= 15 is 0 Å². The van der Waals surface area contributed by atoms with Crippen LogP contribution >= 0.6 is 0 Å². The summed E-state index contributed by atoms with van der Waals surface area (Å²) >= 11 is 0. The third kappa shape index (κ3) is 2.66. The van der Waals surface area contributed by atoms with Gasteiger partial charge >= 0.3 is 0 Å². The normalized spacial score (nSPS) is 12.5. The summed E-state index contributed by atoms with van der Waals surface area (Å²) in [4.78, 5) is 4.36. The van der Waals surface area contributed by atoms with Crippen molar-refractivity contribution in [1.29, 1.82) is 0 Å². The fourth-order valence-electron chi connectivity index (χ4n) is 2.78. The van der Waals surface area contributed by atoms with Gasteiger partial charge in [-0.15, -0.1) is 0 Å². The molecule has 0 radical (unpaired) electrons. The Hall–Kier alpha value is -2.23. The van der Waals surface area contributed by atoms with Gasteiger partial charge in [-0.05, 0) is 41.3 Å². The van der Waals surface area contributed by atoms with Crippen molar-refractivity contribution in [2.75, 3.05) is 0 Å². The van der Waals surface area contributed by atoms with Crippen LogP contribution in [-0.4, -0.2) is 4.98 Å². The van der Waals surface area contributed by atoms with Crippen LogP contribution in [0.3, 0.4) is 0 Å². The molecule has 3 nitrogen and oxygen atoms in total. The van der Waals surface area contributed by atoms with Gasteiger partial charge < -0.3 is 0 Å². The molecule has 21 heavy (non-hydrogen) atoms. The third-order valence-electron chi connectivity index (χ3n) is 3.87. The van der Waals surface area contributed by atoms with Crippen molar-refractivity contribution in [2.45, 2.75) is 19.4 Å². The number of hydrogen-bond acceptors (Lipinski definition) is 3. The minimum absolute atomic E-state index is 0.00856. The number of nitrogens with one attached hydrogen (secondary N) is 1. The highest BCUT2D eigenvalue weighted by molar-refractivity contribution is 5.79. The molecule has 1 aromatic heterocycles. The molecule has 3 rings (SSSR count). The molecule has 3 aromatic rings. The highest BCUT2D eigenvalue weighted by atomic mass is 15.2. The van der Waals surface area contributed by atoms with Gasteiger partial charge in [0.05, 0.1) is 11.6 Å². The lowest BCUT2D eigenvalue weighted by Crippen LogP contribution is -2.29. The number of rotatable bonds is 4. The van der Waals surface area contributed by atoms with Crippen molar-refractivity contribution in [3.63, 3.8) is 0 Å². The van der Waals surface area contributed by atoms with Gasteiger partial charge in [0.1, 0.15) is 0 Å². The first-order valence-corrected chi connectivity index (χ1v) is 7.22. The molecule has 3 N–H and O–H groups in total. The molecule has 106 valence electrons. The van der Waals surface area contributed by atoms with Crippen LogP contribution in [0.2, 0.25) is 0 Å². The first kappa shape index (κ1) is 13.7. The van der Waals surface area contributed by atoms with Gasteiger partial charge in [-0.2, -0.15) is 0 Å². The lowest BCUT2D eigenvalue weighted by atomic mass is 9.93. The van der Waals surface area contributed by atoms with Gasteiger partial charge in [-0.3, -0.25) is 10.8 Å². The van der Waals surface area contributed by atoms with Crippen LogP contribution in [0.1, 0.15) is 29.7 Å². The maximum Gasteiger partial charge on any atom is 0.0712 e. The molecule has 0 aliphatic heterocycles. The number of nitrogens with two attached hydrogens (primary N) is 1. The zero-order valence-electron chi connectivity index (χ0n) is 12.1. The SMILES string of the molecule is CCc1ccccc1C(NN)c1ccc2ncccc2c1. The number of hydrogen-bond donors (Lipinski definition) is 2. The summed E-state index contributed by atoms with van der Waals surface area (Å²) in [6.07, 6.45) is 2.80. The summed E-state index contributed by atoms with van der Waals surface area (Å²) < 4.78 is 0. The van der Waals surface area contributed by atoms with E-state index in [1.165, 1.54) is 11.1 Å². The van der Waals surface area contributed by atoms with Crippen molar-refractivity contribution in [3.8, 4) is 0 Å². The molecule has 0 amide bonds. The van der Waals surface area contributed by atoms with Gasteiger partial charge in [-0.25, -0.2) is 5.43 Å². The molecule has 1 unspecified atom stereocenters. The number of aryl methyl sites for hydroxylation is 1. The van der Waals surface area contributed by atoms with E-state index in [9.17, 15) is 0 Å². The quantitative estimate of drug-likeness (QED) is 0.568. The molecule has 0 fully saturated rings. The highest BCUT2D eigenvalue weighted by Crippen LogP contribution is 2.27. The van der Waals surface area contributed by atoms with E-state index in [4.69, 9.17) is 5.84 Å².